The highest BCUT2D eigenvalue weighted by molar-refractivity contribution is 9.10. The molecule has 0 spiro atoms. The summed E-state index contributed by atoms with van der Waals surface area (Å²) in [6.45, 7) is 0. The molecule has 8 heteroatoms. The first-order valence-corrected chi connectivity index (χ1v) is 9.17. The Morgan fingerprint density at radius 2 is 1.81 bits per heavy atom. The van der Waals surface area contributed by atoms with E-state index < -0.39 is 24.6 Å². The van der Waals surface area contributed by atoms with Crippen molar-refractivity contribution in [1.29, 1.82) is 0 Å². The molecule has 0 heterocycles. The van der Waals surface area contributed by atoms with Crippen molar-refractivity contribution < 1.29 is 16.8 Å². The van der Waals surface area contributed by atoms with Gasteiger partial charge in [0.05, 0.1) is 10.6 Å². The third kappa shape index (κ3) is 4.04. The quantitative estimate of drug-likeness (QED) is 0.783. The van der Waals surface area contributed by atoms with Crippen LogP contribution in [0, 0.1) is 0 Å². The molecular weight excluding hydrogens is 340 g/mol. The van der Waals surface area contributed by atoms with Gasteiger partial charge in [-0.25, -0.2) is 16.8 Å². The Bertz CT molecular complexity index is 607. The summed E-state index contributed by atoms with van der Waals surface area (Å²) in [5, 5.41) is 0. The van der Waals surface area contributed by atoms with Gasteiger partial charge in [0.15, 0.2) is 9.84 Å². The second kappa shape index (κ2) is 4.64. The third-order valence-corrected chi connectivity index (χ3v) is 4.42. The molecule has 0 aromatic heterocycles. The molecule has 1 rings (SSSR count). The summed E-state index contributed by atoms with van der Waals surface area (Å²) >= 11 is 3.14. The van der Waals surface area contributed by atoms with Gasteiger partial charge in [0.25, 0.3) is 0 Å². The molecule has 0 fully saturated rings. The lowest BCUT2D eigenvalue weighted by molar-refractivity contribution is 0.600. The number of hydrogen-bond donors (Lipinski definition) is 0. The normalized spacial score (nSPS) is 12.7. The van der Waals surface area contributed by atoms with Crippen LogP contribution in [0.25, 0.3) is 0 Å². The van der Waals surface area contributed by atoms with Crippen molar-refractivity contribution in [2.75, 3.05) is 6.26 Å². The molecule has 90 valence electrons. The van der Waals surface area contributed by atoms with E-state index in [1.165, 1.54) is 18.2 Å². The number of rotatable bonds is 3. The van der Waals surface area contributed by atoms with E-state index in [2.05, 4.69) is 15.9 Å². The van der Waals surface area contributed by atoms with Crippen LogP contribution >= 0.6 is 26.6 Å². The lowest BCUT2D eigenvalue weighted by atomic mass is 10.2. The largest absolute Gasteiger partial charge is 0.236 e. The summed E-state index contributed by atoms with van der Waals surface area (Å²) in [4.78, 5) is -0.0278. The zero-order valence-electron chi connectivity index (χ0n) is 8.14. The Balaban J connectivity index is 3.42. The van der Waals surface area contributed by atoms with Crippen LogP contribution in [0.4, 0.5) is 0 Å². The van der Waals surface area contributed by atoms with Crippen LogP contribution in [0.15, 0.2) is 27.6 Å². The average Bonchev–Trinajstić information content (AvgIpc) is 1.97. The summed E-state index contributed by atoms with van der Waals surface area (Å²) < 4.78 is 45.3. The van der Waals surface area contributed by atoms with Gasteiger partial charge < -0.3 is 0 Å². The van der Waals surface area contributed by atoms with E-state index in [1.54, 1.807) is 0 Å². The van der Waals surface area contributed by atoms with E-state index in [4.69, 9.17) is 10.7 Å². The van der Waals surface area contributed by atoms with Gasteiger partial charge in [-0.1, -0.05) is 15.9 Å². The molecule has 0 atom stereocenters. The molecule has 4 nitrogen and oxygen atoms in total. The highest BCUT2D eigenvalue weighted by Gasteiger charge is 2.17. The van der Waals surface area contributed by atoms with E-state index >= 15 is 0 Å². The molecule has 1 aromatic rings. The molecule has 0 bridgehead atoms. The summed E-state index contributed by atoms with van der Waals surface area (Å²) in [5.41, 5.74) is 0.159. The van der Waals surface area contributed by atoms with Gasteiger partial charge in [0.1, 0.15) is 0 Å². The molecule has 16 heavy (non-hydrogen) atoms. The van der Waals surface area contributed by atoms with Crippen LogP contribution in [0.5, 0.6) is 0 Å². The number of hydrogen-bond acceptors (Lipinski definition) is 4. The molecule has 1 aromatic carbocycles. The highest BCUT2D eigenvalue weighted by atomic mass is 79.9. The predicted octanol–water partition coefficient (Wildman–Crippen LogP) is 1.92. The first kappa shape index (κ1) is 14.0. The molecule has 0 aliphatic rings. The van der Waals surface area contributed by atoms with Gasteiger partial charge in [-0.05, 0) is 23.8 Å². The fourth-order valence-electron chi connectivity index (χ4n) is 1.21. The number of benzene rings is 1. The van der Waals surface area contributed by atoms with E-state index in [1.807, 2.05) is 0 Å². The van der Waals surface area contributed by atoms with Crippen LogP contribution in [0.3, 0.4) is 0 Å². The molecule has 0 saturated carbocycles. The average molecular weight is 348 g/mol. The van der Waals surface area contributed by atoms with E-state index in [-0.39, 0.29) is 10.5 Å². The Morgan fingerprint density at radius 1 is 1.25 bits per heavy atom. The first-order chi connectivity index (χ1) is 7.09. The maximum atomic E-state index is 11.4. The van der Waals surface area contributed by atoms with Crippen LogP contribution in [-0.2, 0) is 24.6 Å². The van der Waals surface area contributed by atoms with Gasteiger partial charge in [-0.15, -0.1) is 0 Å². The molecule has 0 radical (unpaired) electrons. The monoisotopic (exact) mass is 346 g/mol. The van der Waals surface area contributed by atoms with Crippen LogP contribution in [0.1, 0.15) is 5.56 Å². The van der Waals surface area contributed by atoms with Crippen molar-refractivity contribution in [1.82, 2.24) is 0 Å². The maximum Gasteiger partial charge on any atom is 0.236 e. The van der Waals surface area contributed by atoms with Crippen molar-refractivity contribution in [3.8, 4) is 0 Å². The summed E-state index contributed by atoms with van der Waals surface area (Å²) in [5.74, 6) is -0.517. The summed E-state index contributed by atoms with van der Waals surface area (Å²) in [6, 6.07) is 4.30. The van der Waals surface area contributed by atoms with Gasteiger partial charge in [0.2, 0.25) is 9.05 Å². The van der Waals surface area contributed by atoms with Crippen LogP contribution < -0.4 is 0 Å². The van der Waals surface area contributed by atoms with E-state index in [0.717, 1.165) is 6.26 Å². The summed E-state index contributed by atoms with van der Waals surface area (Å²) in [7, 11) is -2.15. The van der Waals surface area contributed by atoms with Gasteiger partial charge in [-0.3, -0.25) is 0 Å². The topological polar surface area (TPSA) is 68.3 Å². The SMILES string of the molecule is CS(=O)(=O)c1ccc(Br)cc1CS(=O)(=O)Cl. The first-order valence-electron chi connectivity index (χ1n) is 4.00. The minimum atomic E-state index is -3.79. The minimum Gasteiger partial charge on any atom is -0.224 e. The summed E-state index contributed by atoms with van der Waals surface area (Å²) in [6.07, 6.45) is 1.01. The molecule has 0 amide bonds. The lowest BCUT2D eigenvalue weighted by Crippen LogP contribution is -2.05. The Hall–Kier alpha value is -0.110. The molecular formula is C8H8BrClO4S2. The molecule has 0 N–H and O–H groups in total. The number of sulfone groups is 1. The maximum absolute atomic E-state index is 11.4. The zero-order valence-corrected chi connectivity index (χ0v) is 12.1. The van der Waals surface area contributed by atoms with Gasteiger partial charge >= 0.3 is 0 Å². The van der Waals surface area contributed by atoms with Crippen molar-refractivity contribution in [3.63, 3.8) is 0 Å². The Morgan fingerprint density at radius 3 is 2.25 bits per heavy atom. The Labute approximate surface area is 107 Å². The zero-order chi connectivity index (χ0) is 12.6. The second-order valence-electron chi connectivity index (χ2n) is 3.21. The third-order valence-electron chi connectivity index (χ3n) is 1.75. The van der Waals surface area contributed by atoms with Crippen molar-refractivity contribution in [2.24, 2.45) is 0 Å². The lowest BCUT2D eigenvalue weighted by Gasteiger charge is -2.06. The number of halogens is 2. The molecule has 0 aliphatic carbocycles. The van der Waals surface area contributed by atoms with Crippen LogP contribution in [0.2, 0.25) is 0 Å². The minimum absolute atomic E-state index is 0.0278. The van der Waals surface area contributed by atoms with Crippen molar-refractivity contribution in [2.45, 2.75) is 10.6 Å². The predicted molar refractivity (Wildman–Crippen MR) is 65.7 cm³/mol. The van der Waals surface area contributed by atoms with Crippen molar-refractivity contribution in [3.05, 3.63) is 28.2 Å². The van der Waals surface area contributed by atoms with Crippen molar-refractivity contribution >= 4 is 45.5 Å². The molecule has 0 saturated heterocycles. The fraction of sp³-hybridized carbons (Fsp3) is 0.250. The van der Waals surface area contributed by atoms with Crippen LogP contribution in [-0.4, -0.2) is 23.1 Å². The smallest absolute Gasteiger partial charge is 0.224 e. The van der Waals surface area contributed by atoms with E-state index in [0.29, 0.717) is 4.47 Å². The highest BCUT2D eigenvalue weighted by Crippen LogP contribution is 2.23. The van der Waals surface area contributed by atoms with Gasteiger partial charge in [0, 0.05) is 21.4 Å². The fourth-order valence-corrected chi connectivity index (χ4v) is 3.59. The molecule has 0 aliphatic heterocycles. The Kier molecular flexibility index (Phi) is 4.04. The standard InChI is InChI=1S/C8H8BrClO4S2/c1-15(11,12)8-3-2-7(9)4-6(8)5-16(10,13)14/h2-4H,5H2,1H3. The second-order valence-corrected chi connectivity index (χ2v) is 8.88. The van der Waals surface area contributed by atoms with Gasteiger partial charge in [-0.2, -0.15) is 0 Å². The molecule has 0 unspecified atom stereocenters. The van der Waals surface area contributed by atoms with E-state index in [9.17, 15) is 16.8 Å².